The maximum Gasteiger partial charge on any atom is 0.321 e. The molecule has 1 aromatic heterocycles. The standard InChI is InChI=1S/C6H9N3O2S2/c1-7-4(5(10)11)2-12-6-9-8-3-13-6/h3-4,7H,2H2,1H3,(H,10,11). The Kier molecular flexibility index (Phi) is 4.13. The van der Waals surface area contributed by atoms with Crippen molar-refractivity contribution in [1.29, 1.82) is 0 Å². The van der Waals surface area contributed by atoms with E-state index in [9.17, 15) is 4.79 Å². The predicted octanol–water partition coefficient (Wildman–Crippen LogP) is 0.303. The number of nitrogens with zero attached hydrogens (tertiary/aromatic N) is 2. The number of rotatable bonds is 5. The topological polar surface area (TPSA) is 75.1 Å². The second-order valence-electron chi connectivity index (χ2n) is 2.20. The van der Waals surface area contributed by atoms with Crippen molar-refractivity contribution in [2.24, 2.45) is 0 Å². The Labute approximate surface area is 83.6 Å². The van der Waals surface area contributed by atoms with Crippen LogP contribution in [0.15, 0.2) is 9.85 Å². The first-order valence-corrected chi connectivity index (χ1v) is 5.39. The van der Waals surface area contributed by atoms with Gasteiger partial charge in [0.15, 0.2) is 4.34 Å². The van der Waals surface area contributed by atoms with E-state index >= 15 is 0 Å². The molecule has 0 saturated heterocycles. The molecule has 0 saturated carbocycles. The van der Waals surface area contributed by atoms with Crippen LogP contribution in [0, 0.1) is 0 Å². The zero-order valence-electron chi connectivity index (χ0n) is 6.93. The van der Waals surface area contributed by atoms with Crippen molar-refractivity contribution >= 4 is 29.1 Å². The molecule has 0 bridgehead atoms. The van der Waals surface area contributed by atoms with Crippen molar-refractivity contribution in [2.75, 3.05) is 12.8 Å². The third-order valence-corrected chi connectivity index (χ3v) is 3.31. The number of carbonyl (C=O) groups is 1. The minimum Gasteiger partial charge on any atom is -0.480 e. The fourth-order valence-electron chi connectivity index (χ4n) is 0.659. The van der Waals surface area contributed by atoms with E-state index in [4.69, 9.17) is 5.11 Å². The molecule has 0 aliphatic rings. The zero-order chi connectivity index (χ0) is 9.68. The molecule has 0 radical (unpaired) electrons. The molecule has 1 atom stereocenters. The molecule has 0 aromatic carbocycles. The van der Waals surface area contributed by atoms with Crippen molar-refractivity contribution in [3.63, 3.8) is 0 Å². The SMILES string of the molecule is CNC(CSc1nncs1)C(=O)O. The van der Waals surface area contributed by atoms with Gasteiger partial charge in [0, 0.05) is 5.75 Å². The number of hydrogen-bond acceptors (Lipinski definition) is 6. The predicted molar refractivity (Wildman–Crippen MR) is 51.1 cm³/mol. The van der Waals surface area contributed by atoms with Gasteiger partial charge in [-0.05, 0) is 7.05 Å². The molecular formula is C6H9N3O2S2. The molecule has 13 heavy (non-hydrogen) atoms. The molecule has 2 N–H and O–H groups in total. The summed E-state index contributed by atoms with van der Waals surface area (Å²) in [5.74, 6) is -0.388. The fraction of sp³-hybridized carbons (Fsp3) is 0.500. The van der Waals surface area contributed by atoms with Gasteiger partial charge >= 0.3 is 5.97 Å². The highest BCUT2D eigenvalue weighted by Gasteiger charge is 2.15. The lowest BCUT2D eigenvalue weighted by Gasteiger charge is -2.08. The third-order valence-electron chi connectivity index (χ3n) is 1.36. The van der Waals surface area contributed by atoms with Crippen LogP contribution in [0.3, 0.4) is 0 Å². The largest absolute Gasteiger partial charge is 0.480 e. The highest BCUT2D eigenvalue weighted by Crippen LogP contribution is 2.19. The maximum atomic E-state index is 10.6. The first-order chi connectivity index (χ1) is 6.24. The van der Waals surface area contributed by atoms with E-state index in [1.807, 2.05) is 0 Å². The number of nitrogens with one attached hydrogen (secondary N) is 1. The molecule has 0 spiro atoms. The van der Waals surface area contributed by atoms with Crippen LogP contribution in [-0.2, 0) is 4.79 Å². The lowest BCUT2D eigenvalue weighted by molar-refractivity contribution is -0.138. The number of carboxylic acid groups (broad SMARTS) is 1. The quantitative estimate of drug-likeness (QED) is 0.694. The van der Waals surface area contributed by atoms with Crippen LogP contribution in [0.2, 0.25) is 0 Å². The highest BCUT2D eigenvalue weighted by atomic mass is 32.2. The fourth-order valence-corrected chi connectivity index (χ4v) is 2.27. The minimum absolute atomic E-state index is 0.459. The highest BCUT2D eigenvalue weighted by molar-refractivity contribution is 8.01. The van der Waals surface area contributed by atoms with Crippen LogP contribution in [0.1, 0.15) is 0 Å². The van der Waals surface area contributed by atoms with Gasteiger partial charge in [-0.2, -0.15) is 0 Å². The van der Waals surface area contributed by atoms with Gasteiger partial charge in [-0.25, -0.2) is 0 Å². The summed E-state index contributed by atoms with van der Waals surface area (Å²) in [6, 6.07) is -0.533. The molecule has 1 rings (SSSR count). The summed E-state index contributed by atoms with van der Waals surface area (Å²) in [4.78, 5) is 10.6. The van der Waals surface area contributed by atoms with Gasteiger partial charge in [0.1, 0.15) is 11.6 Å². The molecule has 0 fully saturated rings. The van der Waals surface area contributed by atoms with E-state index in [0.29, 0.717) is 5.75 Å². The summed E-state index contributed by atoms with van der Waals surface area (Å²) < 4.78 is 0.793. The Morgan fingerprint density at radius 2 is 2.69 bits per heavy atom. The Morgan fingerprint density at radius 3 is 3.15 bits per heavy atom. The number of thioether (sulfide) groups is 1. The van der Waals surface area contributed by atoms with Gasteiger partial charge in [-0.1, -0.05) is 23.1 Å². The van der Waals surface area contributed by atoms with Crippen molar-refractivity contribution in [3.8, 4) is 0 Å². The smallest absolute Gasteiger partial charge is 0.321 e. The Bertz CT molecular complexity index is 265. The number of carboxylic acids is 1. The van der Waals surface area contributed by atoms with Gasteiger partial charge in [0.2, 0.25) is 0 Å². The minimum atomic E-state index is -0.848. The summed E-state index contributed by atoms with van der Waals surface area (Å²) in [5, 5.41) is 18.8. The zero-order valence-corrected chi connectivity index (χ0v) is 8.56. The lowest BCUT2D eigenvalue weighted by Crippen LogP contribution is -2.35. The number of likely N-dealkylation sites (N-methyl/N-ethyl adjacent to an activating group) is 1. The molecule has 0 aliphatic heterocycles. The summed E-state index contributed by atoms with van der Waals surface area (Å²) in [6.07, 6.45) is 0. The molecule has 7 heteroatoms. The maximum absolute atomic E-state index is 10.6. The van der Waals surface area contributed by atoms with Crippen LogP contribution >= 0.6 is 23.1 Å². The van der Waals surface area contributed by atoms with E-state index in [-0.39, 0.29) is 0 Å². The van der Waals surface area contributed by atoms with Crippen LogP contribution in [0.4, 0.5) is 0 Å². The average Bonchev–Trinajstić information content (AvgIpc) is 2.57. The monoisotopic (exact) mass is 219 g/mol. The lowest BCUT2D eigenvalue weighted by atomic mass is 10.3. The summed E-state index contributed by atoms with van der Waals surface area (Å²) in [5.41, 5.74) is 1.62. The average molecular weight is 219 g/mol. The summed E-state index contributed by atoms with van der Waals surface area (Å²) in [6.45, 7) is 0. The van der Waals surface area contributed by atoms with E-state index in [1.165, 1.54) is 23.1 Å². The van der Waals surface area contributed by atoms with Crippen LogP contribution in [0.25, 0.3) is 0 Å². The Balaban J connectivity index is 2.36. The van der Waals surface area contributed by atoms with Crippen molar-refractivity contribution in [1.82, 2.24) is 15.5 Å². The molecule has 0 amide bonds. The number of hydrogen-bond donors (Lipinski definition) is 2. The van der Waals surface area contributed by atoms with Crippen LogP contribution in [0.5, 0.6) is 0 Å². The molecule has 1 heterocycles. The van der Waals surface area contributed by atoms with E-state index in [1.54, 1.807) is 12.6 Å². The van der Waals surface area contributed by atoms with Crippen LogP contribution in [-0.4, -0.2) is 40.1 Å². The van der Waals surface area contributed by atoms with Crippen molar-refractivity contribution in [3.05, 3.63) is 5.51 Å². The summed E-state index contributed by atoms with van der Waals surface area (Å²) in [7, 11) is 1.62. The third kappa shape index (κ3) is 3.29. The molecule has 0 aliphatic carbocycles. The van der Waals surface area contributed by atoms with Crippen LogP contribution < -0.4 is 5.32 Å². The Morgan fingerprint density at radius 1 is 1.92 bits per heavy atom. The molecule has 1 aromatic rings. The van der Waals surface area contributed by atoms with Gasteiger partial charge < -0.3 is 10.4 Å². The molecule has 1 unspecified atom stereocenters. The van der Waals surface area contributed by atoms with E-state index < -0.39 is 12.0 Å². The van der Waals surface area contributed by atoms with Gasteiger partial charge in [0.25, 0.3) is 0 Å². The Hall–Kier alpha value is -0.660. The van der Waals surface area contributed by atoms with E-state index in [2.05, 4.69) is 15.5 Å². The van der Waals surface area contributed by atoms with Gasteiger partial charge in [-0.3, -0.25) is 4.79 Å². The summed E-state index contributed by atoms with van der Waals surface area (Å²) >= 11 is 2.80. The second-order valence-corrected chi connectivity index (χ2v) is 4.30. The van der Waals surface area contributed by atoms with Gasteiger partial charge in [-0.15, -0.1) is 10.2 Å². The van der Waals surface area contributed by atoms with Crippen molar-refractivity contribution in [2.45, 2.75) is 10.4 Å². The van der Waals surface area contributed by atoms with Gasteiger partial charge in [0.05, 0.1) is 0 Å². The number of aromatic nitrogens is 2. The van der Waals surface area contributed by atoms with E-state index in [0.717, 1.165) is 4.34 Å². The molecule has 72 valence electrons. The molecular weight excluding hydrogens is 210 g/mol. The first-order valence-electron chi connectivity index (χ1n) is 3.53. The molecule has 5 nitrogen and oxygen atoms in total. The normalized spacial score (nSPS) is 12.7. The second kappa shape index (κ2) is 5.15. The first kappa shape index (κ1) is 10.4. The van der Waals surface area contributed by atoms with Crippen molar-refractivity contribution < 1.29 is 9.90 Å². The number of aliphatic carboxylic acids is 1.